The first-order valence-corrected chi connectivity index (χ1v) is 10.6. The molecule has 4 heterocycles. The van der Waals surface area contributed by atoms with Crippen LogP contribution < -0.4 is 0 Å². The number of rotatable bonds is 0. The van der Waals surface area contributed by atoms with Gasteiger partial charge in [0.1, 0.15) is 0 Å². The van der Waals surface area contributed by atoms with E-state index in [1.807, 2.05) is 0 Å². The molecule has 22 heavy (non-hydrogen) atoms. The van der Waals surface area contributed by atoms with E-state index in [0.29, 0.717) is 0 Å². The second-order valence-electron chi connectivity index (χ2n) is 8.42. The SMILES string of the molecule is CC(C)(C)C12P3P1C3(C(C)(C)C)C(C#N)(C#N)C2(C#N)C#N. The van der Waals surface area contributed by atoms with Gasteiger partial charge in [-0.3, -0.25) is 0 Å². The maximum Gasteiger partial charge on any atom is 0.191 e. The van der Waals surface area contributed by atoms with Crippen molar-refractivity contribution in [1.29, 1.82) is 21.0 Å². The molecule has 0 amide bonds. The number of fused-ring (bicyclic) bond motifs is 1. The van der Waals surface area contributed by atoms with E-state index in [2.05, 4.69) is 65.8 Å². The molecule has 0 aromatic rings. The molecule has 6 heteroatoms. The molecule has 0 atom stereocenters. The summed E-state index contributed by atoms with van der Waals surface area (Å²) >= 11 is 0. The average Bonchev–Trinajstić information content (AvgIpc) is 3.24. The van der Waals surface area contributed by atoms with Crippen molar-refractivity contribution in [1.82, 2.24) is 0 Å². The average molecular weight is 328 g/mol. The zero-order valence-corrected chi connectivity index (χ0v) is 15.5. The first-order valence-electron chi connectivity index (χ1n) is 7.24. The lowest BCUT2D eigenvalue weighted by Gasteiger charge is -2.40. The van der Waals surface area contributed by atoms with Gasteiger partial charge in [-0.2, -0.15) is 21.0 Å². The molecule has 0 spiro atoms. The number of hydrogen-bond acceptors (Lipinski definition) is 4. The van der Waals surface area contributed by atoms with E-state index in [-0.39, 0.29) is 10.8 Å². The largest absolute Gasteiger partial charge is 0.196 e. The molecule has 112 valence electrons. The topological polar surface area (TPSA) is 95.2 Å². The molecule has 4 aliphatic rings. The van der Waals surface area contributed by atoms with Crippen molar-refractivity contribution in [3.63, 3.8) is 0 Å². The highest BCUT2D eigenvalue weighted by molar-refractivity contribution is 8.64. The zero-order chi connectivity index (χ0) is 17.0. The van der Waals surface area contributed by atoms with Crippen LogP contribution >= 0.6 is 15.2 Å². The summed E-state index contributed by atoms with van der Waals surface area (Å²) in [6.07, 6.45) is 0. The Morgan fingerprint density at radius 1 is 0.591 bits per heavy atom. The Balaban J connectivity index is 2.42. The van der Waals surface area contributed by atoms with Crippen molar-refractivity contribution in [2.24, 2.45) is 21.7 Å². The summed E-state index contributed by atoms with van der Waals surface area (Å²) in [4.78, 5) is -0.820. The van der Waals surface area contributed by atoms with Crippen molar-refractivity contribution in [3.8, 4) is 24.3 Å². The van der Waals surface area contributed by atoms with Crippen LogP contribution in [0.5, 0.6) is 0 Å². The highest BCUT2D eigenvalue weighted by Crippen LogP contribution is 3.39. The summed E-state index contributed by atoms with van der Waals surface area (Å²) in [6, 6.07) is 8.81. The van der Waals surface area contributed by atoms with Gasteiger partial charge in [0.05, 0.1) is 34.1 Å². The van der Waals surface area contributed by atoms with Crippen LogP contribution in [0.15, 0.2) is 0 Å². The second-order valence-corrected chi connectivity index (χ2v) is 15.5. The van der Waals surface area contributed by atoms with Gasteiger partial charge in [-0.25, -0.2) is 0 Å². The van der Waals surface area contributed by atoms with Crippen LogP contribution in [0.1, 0.15) is 41.5 Å². The highest BCUT2D eigenvalue weighted by Gasteiger charge is 3.14. The van der Waals surface area contributed by atoms with E-state index in [0.717, 1.165) is 0 Å². The van der Waals surface area contributed by atoms with Crippen LogP contribution in [0, 0.1) is 67.0 Å². The van der Waals surface area contributed by atoms with Gasteiger partial charge in [0, 0.05) is 0 Å². The van der Waals surface area contributed by atoms with Crippen LogP contribution in [-0.4, -0.2) is 9.79 Å². The minimum Gasteiger partial charge on any atom is -0.196 e. The summed E-state index contributed by atoms with van der Waals surface area (Å²) in [5, 5.41) is 39.9. The smallest absolute Gasteiger partial charge is 0.191 e. The minimum absolute atomic E-state index is 0.236. The Bertz CT molecular complexity index is 655. The normalized spacial score (nSPS) is 42.1. The van der Waals surface area contributed by atoms with Gasteiger partial charge in [-0.1, -0.05) is 41.5 Å². The van der Waals surface area contributed by atoms with Gasteiger partial charge in [-0.15, -0.1) is 0 Å². The lowest BCUT2D eigenvalue weighted by molar-refractivity contribution is 0.189. The molecule has 4 nitrogen and oxygen atoms in total. The monoisotopic (exact) mass is 328 g/mol. The summed E-state index contributed by atoms with van der Waals surface area (Å²) in [7, 11) is -1.17. The Kier molecular flexibility index (Phi) is 2.49. The standard InChI is InChI=1S/C16H18N4P2/c1-11(2,3)15-13(7-17,8-18)14(9-19,10-20)16(12(4,5)6)21(15)22(15)16/h1-6H3. The molecule has 0 unspecified atom stereocenters. The van der Waals surface area contributed by atoms with Gasteiger partial charge in [0.2, 0.25) is 0 Å². The van der Waals surface area contributed by atoms with Crippen LogP contribution in [-0.2, 0) is 0 Å². The predicted molar refractivity (Wildman–Crippen MR) is 85.5 cm³/mol. The van der Waals surface area contributed by atoms with Crippen molar-refractivity contribution in [2.75, 3.05) is 0 Å². The van der Waals surface area contributed by atoms with Gasteiger partial charge < -0.3 is 0 Å². The zero-order valence-electron chi connectivity index (χ0n) is 13.7. The maximum absolute atomic E-state index is 9.98. The van der Waals surface area contributed by atoms with E-state index in [1.165, 1.54) is 0 Å². The molecule has 0 saturated carbocycles. The fourth-order valence-electron chi connectivity index (χ4n) is 5.11. The molecular formula is C16H18N4P2. The van der Waals surface area contributed by atoms with Gasteiger partial charge in [0.15, 0.2) is 10.8 Å². The van der Waals surface area contributed by atoms with Crippen molar-refractivity contribution in [3.05, 3.63) is 0 Å². The summed E-state index contributed by atoms with van der Waals surface area (Å²) in [5.74, 6) is 0. The third-order valence-electron chi connectivity index (χ3n) is 5.72. The fraction of sp³-hybridized carbons (Fsp3) is 0.750. The maximum atomic E-state index is 9.98. The Hall–Kier alpha value is -1.18. The van der Waals surface area contributed by atoms with Crippen LogP contribution in [0.3, 0.4) is 0 Å². The van der Waals surface area contributed by atoms with E-state index in [9.17, 15) is 21.0 Å². The molecule has 0 radical (unpaired) electrons. The Labute approximate surface area is 134 Å². The lowest BCUT2D eigenvalue weighted by atomic mass is 9.56. The summed E-state index contributed by atoms with van der Waals surface area (Å²) in [6.45, 7) is 12.4. The minimum atomic E-state index is -1.49. The van der Waals surface area contributed by atoms with Crippen molar-refractivity contribution >= 4 is 15.2 Å². The van der Waals surface area contributed by atoms with Gasteiger partial charge in [0.25, 0.3) is 0 Å². The fourth-order valence-corrected chi connectivity index (χ4v) is 22.6. The number of hydrogen-bond donors (Lipinski definition) is 0. The van der Waals surface area contributed by atoms with E-state index in [4.69, 9.17) is 0 Å². The van der Waals surface area contributed by atoms with E-state index < -0.39 is 35.8 Å². The number of nitriles is 4. The highest BCUT2D eigenvalue weighted by atomic mass is 32.2. The van der Waals surface area contributed by atoms with Crippen LogP contribution in [0.2, 0.25) is 0 Å². The first-order chi connectivity index (χ1) is 9.98. The molecule has 4 aliphatic heterocycles. The molecule has 0 aromatic heterocycles. The first kappa shape index (κ1) is 15.7. The third-order valence-corrected chi connectivity index (χ3v) is 17.8. The third kappa shape index (κ3) is 0.938. The molecule has 4 fully saturated rings. The second kappa shape index (κ2) is 3.49. The van der Waals surface area contributed by atoms with Crippen molar-refractivity contribution < 1.29 is 0 Å². The lowest BCUT2D eigenvalue weighted by Crippen LogP contribution is -2.49. The molecule has 0 aromatic carbocycles. The van der Waals surface area contributed by atoms with E-state index in [1.54, 1.807) is 0 Å². The molecular weight excluding hydrogens is 310 g/mol. The molecule has 0 aliphatic carbocycles. The van der Waals surface area contributed by atoms with Crippen LogP contribution in [0.25, 0.3) is 0 Å². The predicted octanol–water partition coefficient (Wildman–Crippen LogP) is 4.46. The summed E-state index contributed by atoms with van der Waals surface area (Å²) < 4.78 is 0. The number of nitrogens with zero attached hydrogens (tertiary/aromatic N) is 4. The molecule has 2 bridgehead atoms. The molecule has 4 saturated heterocycles. The van der Waals surface area contributed by atoms with Crippen LogP contribution in [0.4, 0.5) is 0 Å². The van der Waals surface area contributed by atoms with E-state index >= 15 is 0 Å². The Morgan fingerprint density at radius 2 is 0.818 bits per heavy atom. The Morgan fingerprint density at radius 3 is 0.955 bits per heavy atom. The molecule has 4 rings (SSSR count). The quantitative estimate of drug-likeness (QED) is 0.613. The van der Waals surface area contributed by atoms with Gasteiger partial charge in [-0.05, 0) is 26.1 Å². The van der Waals surface area contributed by atoms with Gasteiger partial charge >= 0.3 is 0 Å². The van der Waals surface area contributed by atoms with Crippen molar-refractivity contribution in [2.45, 2.75) is 51.3 Å². The summed E-state index contributed by atoms with van der Waals surface area (Å²) in [5.41, 5.74) is -3.46. The molecule has 0 N–H and O–H groups in total.